The van der Waals surface area contributed by atoms with Crippen LogP contribution in [0.15, 0.2) is 38.4 Å². The van der Waals surface area contributed by atoms with Crippen LogP contribution >= 0.6 is 23.2 Å². The average molecular weight is 468 g/mol. The fraction of sp³-hybridized carbons (Fsp3) is 0.400. The minimum absolute atomic E-state index is 0.131. The number of hydrogen-bond acceptors (Lipinski definition) is 7. The maximum absolute atomic E-state index is 12.7. The molecule has 0 saturated carbocycles. The van der Waals surface area contributed by atoms with Gasteiger partial charge in [-0.05, 0) is 31.5 Å². The summed E-state index contributed by atoms with van der Waals surface area (Å²) in [5.41, 5.74) is 1.38. The molecule has 1 fully saturated rings. The van der Waals surface area contributed by atoms with E-state index in [0.29, 0.717) is 46.6 Å². The fourth-order valence-corrected chi connectivity index (χ4v) is 3.34. The van der Waals surface area contributed by atoms with E-state index >= 15 is 0 Å². The number of rotatable bonds is 3. The van der Waals surface area contributed by atoms with Crippen LogP contribution in [-0.4, -0.2) is 46.2 Å². The first-order chi connectivity index (χ1) is 14.9. The predicted octanol–water partition coefficient (Wildman–Crippen LogP) is 2.43. The van der Waals surface area contributed by atoms with Crippen molar-refractivity contribution >= 4 is 23.2 Å². The Kier molecular flexibility index (Phi) is 8.03. The van der Waals surface area contributed by atoms with Gasteiger partial charge in [0.05, 0.1) is 41.1 Å². The van der Waals surface area contributed by atoms with Crippen LogP contribution in [0.4, 0.5) is 0 Å². The van der Waals surface area contributed by atoms with Crippen molar-refractivity contribution in [1.82, 2.24) is 25.2 Å². The molecule has 3 aromatic rings. The van der Waals surface area contributed by atoms with Gasteiger partial charge in [-0.25, -0.2) is 9.48 Å². The van der Waals surface area contributed by atoms with Crippen LogP contribution in [0.5, 0.6) is 0 Å². The Bertz CT molecular complexity index is 1110. The van der Waals surface area contributed by atoms with Gasteiger partial charge < -0.3 is 10.1 Å². The Labute approximate surface area is 188 Å². The van der Waals surface area contributed by atoms with Gasteiger partial charge >= 0.3 is 5.76 Å². The van der Waals surface area contributed by atoms with Gasteiger partial charge in [0.2, 0.25) is 0 Å². The van der Waals surface area contributed by atoms with Crippen molar-refractivity contribution in [3.05, 3.63) is 66.5 Å². The molecule has 0 radical (unpaired) electrons. The van der Waals surface area contributed by atoms with E-state index in [2.05, 4.69) is 25.1 Å². The van der Waals surface area contributed by atoms with Crippen LogP contribution < -0.4 is 16.6 Å². The second-order valence-corrected chi connectivity index (χ2v) is 7.89. The third-order valence-corrected chi connectivity index (χ3v) is 5.53. The monoisotopic (exact) mass is 467 g/mol. The molecular weight excluding hydrogens is 445 g/mol. The van der Waals surface area contributed by atoms with Crippen LogP contribution in [0.2, 0.25) is 10.0 Å². The zero-order chi connectivity index (χ0) is 22.4. The number of H-pyrrole nitrogens is 1. The molecule has 4 rings (SSSR count). The minimum atomic E-state index is -0.693. The smallest absolute Gasteiger partial charge is 0.380 e. The normalized spacial score (nSPS) is 16.3. The SMILES string of the molecule is Cc1nn(CC2CNCCOC2)c(=O)c(-c2noc(=O)[nH]2)c1C.Clc1ccccc1Cl. The molecule has 166 valence electrons. The Hall–Kier alpha value is -2.46. The highest BCUT2D eigenvalue weighted by Crippen LogP contribution is 2.19. The van der Waals surface area contributed by atoms with E-state index in [0.717, 1.165) is 13.1 Å². The molecule has 9 nitrogen and oxygen atoms in total. The van der Waals surface area contributed by atoms with Gasteiger partial charge in [0.15, 0.2) is 5.82 Å². The number of ether oxygens (including phenoxy) is 1. The second-order valence-electron chi connectivity index (χ2n) is 7.08. The molecule has 1 aromatic carbocycles. The van der Waals surface area contributed by atoms with Crippen LogP contribution in [0.1, 0.15) is 11.3 Å². The van der Waals surface area contributed by atoms with Crippen molar-refractivity contribution in [2.24, 2.45) is 5.92 Å². The lowest BCUT2D eigenvalue weighted by atomic mass is 10.1. The topological polar surface area (TPSA) is 115 Å². The Morgan fingerprint density at radius 2 is 1.90 bits per heavy atom. The summed E-state index contributed by atoms with van der Waals surface area (Å²) in [6.45, 7) is 6.82. The van der Waals surface area contributed by atoms with E-state index in [1.165, 1.54) is 4.68 Å². The molecule has 3 heterocycles. The molecule has 0 bridgehead atoms. The largest absolute Gasteiger partial charge is 0.439 e. The highest BCUT2D eigenvalue weighted by atomic mass is 35.5. The van der Waals surface area contributed by atoms with Crippen molar-refractivity contribution in [3.8, 4) is 11.4 Å². The molecule has 1 atom stereocenters. The Morgan fingerprint density at radius 1 is 1.19 bits per heavy atom. The molecule has 0 amide bonds. The molecular formula is C20H23Cl2N5O4. The number of halogens is 2. The summed E-state index contributed by atoms with van der Waals surface area (Å²) in [4.78, 5) is 26.4. The van der Waals surface area contributed by atoms with Crippen molar-refractivity contribution in [2.75, 3.05) is 26.3 Å². The summed E-state index contributed by atoms with van der Waals surface area (Å²) in [6.07, 6.45) is 0. The predicted molar refractivity (Wildman–Crippen MR) is 118 cm³/mol. The van der Waals surface area contributed by atoms with E-state index in [1.54, 1.807) is 19.1 Å². The number of aryl methyl sites for hydroxylation is 1. The lowest BCUT2D eigenvalue weighted by Crippen LogP contribution is -2.34. The summed E-state index contributed by atoms with van der Waals surface area (Å²) >= 11 is 11.2. The third-order valence-electron chi connectivity index (χ3n) is 4.78. The first-order valence-corrected chi connectivity index (χ1v) is 10.5. The molecule has 1 aliphatic heterocycles. The summed E-state index contributed by atoms with van der Waals surface area (Å²) < 4.78 is 11.4. The lowest BCUT2D eigenvalue weighted by molar-refractivity contribution is 0.115. The van der Waals surface area contributed by atoms with E-state index in [9.17, 15) is 9.59 Å². The number of aromatic amines is 1. The number of nitrogens with one attached hydrogen (secondary N) is 2. The van der Waals surface area contributed by atoms with Crippen LogP contribution in [0.3, 0.4) is 0 Å². The standard InChI is InChI=1S/C14H19N5O4.C6H4Cl2/c1-8-9(2)17-19(6-10-5-15-3-4-22-7-10)13(20)11(8)12-16-14(21)23-18-12;7-5-3-1-2-4-6(5)8/h10,15H,3-7H2,1-2H3,(H,16,18,21);1-4H. The van der Waals surface area contributed by atoms with Crippen LogP contribution in [0, 0.1) is 19.8 Å². The molecule has 2 N–H and O–H groups in total. The number of nitrogens with zero attached hydrogens (tertiary/aromatic N) is 3. The van der Waals surface area contributed by atoms with Gasteiger partial charge in [-0.3, -0.25) is 14.3 Å². The molecule has 0 spiro atoms. The van der Waals surface area contributed by atoms with Crippen molar-refractivity contribution in [1.29, 1.82) is 0 Å². The maximum Gasteiger partial charge on any atom is 0.439 e. The average Bonchev–Trinajstić information content (AvgIpc) is 3.00. The van der Waals surface area contributed by atoms with Crippen molar-refractivity contribution in [3.63, 3.8) is 0 Å². The van der Waals surface area contributed by atoms with Gasteiger partial charge in [-0.15, -0.1) is 0 Å². The minimum Gasteiger partial charge on any atom is -0.380 e. The number of benzene rings is 1. The van der Waals surface area contributed by atoms with Gasteiger partial charge in [-0.1, -0.05) is 40.5 Å². The van der Waals surface area contributed by atoms with Crippen molar-refractivity contribution in [2.45, 2.75) is 20.4 Å². The lowest BCUT2D eigenvalue weighted by Gasteiger charge is -2.16. The second kappa shape index (κ2) is 10.7. The van der Waals surface area contributed by atoms with Gasteiger partial charge in [-0.2, -0.15) is 5.10 Å². The van der Waals surface area contributed by atoms with Crippen LogP contribution in [-0.2, 0) is 11.3 Å². The molecule has 1 aliphatic rings. The Balaban J connectivity index is 0.000000287. The molecule has 1 unspecified atom stereocenters. The zero-order valence-corrected chi connectivity index (χ0v) is 18.7. The first kappa shape index (κ1) is 23.2. The van der Waals surface area contributed by atoms with E-state index < -0.39 is 5.76 Å². The fourth-order valence-electron chi connectivity index (χ4n) is 3.07. The Morgan fingerprint density at radius 3 is 2.52 bits per heavy atom. The quantitative estimate of drug-likeness (QED) is 0.607. The molecule has 0 aliphatic carbocycles. The van der Waals surface area contributed by atoms with Gasteiger partial charge in [0.1, 0.15) is 0 Å². The van der Waals surface area contributed by atoms with Crippen LogP contribution in [0.25, 0.3) is 11.4 Å². The van der Waals surface area contributed by atoms with Crippen molar-refractivity contribution < 1.29 is 9.26 Å². The zero-order valence-electron chi connectivity index (χ0n) is 17.2. The van der Waals surface area contributed by atoms with E-state index in [-0.39, 0.29) is 17.3 Å². The molecule has 11 heteroatoms. The van der Waals surface area contributed by atoms with Gasteiger partial charge in [0.25, 0.3) is 5.56 Å². The van der Waals surface area contributed by atoms with Gasteiger partial charge in [0, 0.05) is 19.0 Å². The van der Waals surface area contributed by atoms with E-state index in [4.69, 9.17) is 27.9 Å². The molecule has 2 aromatic heterocycles. The highest BCUT2D eigenvalue weighted by Gasteiger charge is 2.20. The summed E-state index contributed by atoms with van der Waals surface area (Å²) in [5, 5.41) is 12.5. The summed E-state index contributed by atoms with van der Waals surface area (Å²) in [5.74, 6) is -0.415. The highest BCUT2D eigenvalue weighted by molar-refractivity contribution is 6.41. The summed E-state index contributed by atoms with van der Waals surface area (Å²) in [7, 11) is 0. The number of aromatic nitrogens is 4. The molecule has 31 heavy (non-hydrogen) atoms. The number of hydrogen-bond donors (Lipinski definition) is 2. The first-order valence-electron chi connectivity index (χ1n) is 9.70. The summed E-state index contributed by atoms with van der Waals surface area (Å²) in [6, 6.07) is 7.19. The van der Waals surface area contributed by atoms with E-state index in [1.807, 2.05) is 19.1 Å². The molecule has 1 saturated heterocycles. The maximum atomic E-state index is 12.7. The third kappa shape index (κ3) is 6.04.